The van der Waals surface area contributed by atoms with E-state index in [4.69, 9.17) is 0 Å². The van der Waals surface area contributed by atoms with Crippen LogP contribution in [0, 0.1) is 39.4 Å². The van der Waals surface area contributed by atoms with Crippen LogP contribution in [-0.4, -0.2) is 17.5 Å². The van der Waals surface area contributed by atoms with Crippen LogP contribution < -0.4 is 0 Å². The van der Waals surface area contributed by atoms with E-state index >= 15 is 0 Å². The Bertz CT molecular complexity index is 782. The molecule has 4 aliphatic rings. The average Bonchev–Trinajstić information content (AvgIpc) is 2.84. The van der Waals surface area contributed by atoms with Crippen LogP contribution in [0.15, 0.2) is 34.6 Å². The van der Waals surface area contributed by atoms with Gasteiger partial charge in [-0.2, -0.15) is 10.5 Å². The van der Waals surface area contributed by atoms with Crippen LogP contribution in [0.3, 0.4) is 0 Å². The Morgan fingerprint density at radius 3 is 2.54 bits per heavy atom. The average molecular weight is 348 g/mol. The maximum absolute atomic E-state index is 9.20. The topological polar surface area (TPSA) is 50.8 Å². The van der Waals surface area contributed by atoms with Gasteiger partial charge in [0.25, 0.3) is 0 Å². The van der Waals surface area contributed by atoms with Crippen LogP contribution in [0.25, 0.3) is 0 Å². The summed E-state index contributed by atoms with van der Waals surface area (Å²) in [6, 6.07) is 4.82. The van der Waals surface area contributed by atoms with Gasteiger partial charge in [0.1, 0.15) is 17.7 Å². The molecule has 0 unspecified atom stereocenters. The third kappa shape index (κ3) is 2.99. The quantitative estimate of drug-likeness (QED) is 0.609. The molecule has 0 N–H and O–H groups in total. The lowest BCUT2D eigenvalue weighted by atomic mass is 9.65. The van der Waals surface area contributed by atoms with Crippen molar-refractivity contribution in [1.82, 2.24) is 4.90 Å². The zero-order valence-electron chi connectivity index (χ0n) is 16.3. The first-order valence-electron chi connectivity index (χ1n) is 10.0. The van der Waals surface area contributed by atoms with Crippen LogP contribution in [0.2, 0.25) is 0 Å². The maximum atomic E-state index is 9.20. The normalized spacial score (nSPS) is 35.0. The van der Waals surface area contributed by atoms with Gasteiger partial charge in [0, 0.05) is 18.3 Å². The molecule has 1 aliphatic heterocycles. The molecule has 3 aliphatic carbocycles. The van der Waals surface area contributed by atoms with Crippen molar-refractivity contribution >= 4 is 0 Å². The van der Waals surface area contributed by atoms with E-state index in [1.54, 1.807) is 0 Å². The summed E-state index contributed by atoms with van der Waals surface area (Å²) in [4.78, 5) is 2.71. The van der Waals surface area contributed by atoms with E-state index in [-0.39, 0.29) is 0 Å². The number of nitrogens with zero attached hydrogens (tertiary/aromatic N) is 3. The van der Waals surface area contributed by atoms with Crippen molar-refractivity contribution < 1.29 is 0 Å². The summed E-state index contributed by atoms with van der Waals surface area (Å²) in [5.74, 6) is 0.607. The van der Waals surface area contributed by atoms with Gasteiger partial charge in [-0.15, -0.1) is 0 Å². The molecule has 3 atom stereocenters. The van der Waals surface area contributed by atoms with Gasteiger partial charge >= 0.3 is 0 Å². The van der Waals surface area contributed by atoms with Crippen molar-refractivity contribution in [3.8, 4) is 12.1 Å². The third-order valence-corrected chi connectivity index (χ3v) is 6.99. The van der Waals surface area contributed by atoms with Crippen LogP contribution in [0.5, 0.6) is 0 Å². The molecule has 4 rings (SSSR count). The predicted octanol–water partition coefficient (Wildman–Crippen LogP) is 5.24. The summed E-state index contributed by atoms with van der Waals surface area (Å²) in [7, 11) is 0. The van der Waals surface area contributed by atoms with E-state index in [0.29, 0.717) is 28.4 Å². The molecule has 1 saturated carbocycles. The fourth-order valence-electron chi connectivity index (χ4n) is 6.33. The van der Waals surface area contributed by atoms with Crippen LogP contribution in [-0.2, 0) is 0 Å². The highest BCUT2D eigenvalue weighted by Gasteiger charge is 2.50. The first kappa shape index (κ1) is 17.4. The van der Waals surface area contributed by atoms with E-state index in [0.717, 1.165) is 18.4 Å². The number of likely N-dealkylation sites (tertiary alicyclic amines) is 1. The Morgan fingerprint density at radius 2 is 1.81 bits per heavy atom. The van der Waals surface area contributed by atoms with Gasteiger partial charge in [0.05, 0.1) is 0 Å². The van der Waals surface area contributed by atoms with E-state index in [9.17, 15) is 10.5 Å². The lowest BCUT2D eigenvalue weighted by molar-refractivity contribution is 0.130. The summed E-state index contributed by atoms with van der Waals surface area (Å²) in [5, 5.41) is 18.4. The second-order valence-corrected chi connectivity index (χ2v) is 10.0. The van der Waals surface area contributed by atoms with Gasteiger partial charge in [-0.3, -0.25) is 0 Å². The molecule has 3 heteroatoms. The molecule has 2 bridgehead atoms. The highest BCUT2D eigenvalue weighted by atomic mass is 15.2. The first-order valence-corrected chi connectivity index (χ1v) is 10.0. The smallest absolute Gasteiger partial charge is 0.132 e. The molecular weight excluding hydrogens is 318 g/mol. The molecule has 2 fully saturated rings. The van der Waals surface area contributed by atoms with Gasteiger partial charge in [-0.25, -0.2) is 0 Å². The van der Waals surface area contributed by atoms with Gasteiger partial charge in [0.15, 0.2) is 0 Å². The van der Waals surface area contributed by atoms with E-state index in [1.807, 2.05) is 0 Å². The Kier molecular flexibility index (Phi) is 4.03. The van der Waals surface area contributed by atoms with Crippen molar-refractivity contribution in [3.63, 3.8) is 0 Å². The van der Waals surface area contributed by atoms with Gasteiger partial charge in [0.2, 0.25) is 0 Å². The number of hydrogen-bond donors (Lipinski definition) is 0. The molecular formula is C23H29N3. The minimum Gasteiger partial charge on any atom is -0.371 e. The molecule has 0 spiro atoms. The fourth-order valence-corrected chi connectivity index (χ4v) is 6.33. The molecule has 0 amide bonds. The van der Waals surface area contributed by atoms with Gasteiger partial charge in [-0.05, 0) is 78.9 Å². The van der Waals surface area contributed by atoms with Crippen molar-refractivity contribution in [1.29, 1.82) is 10.5 Å². The molecule has 0 radical (unpaired) electrons. The lowest BCUT2D eigenvalue weighted by Gasteiger charge is -2.40. The van der Waals surface area contributed by atoms with Crippen molar-refractivity contribution in [2.24, 2.45) is 16.7 Å². The zero-order chi connectivity index (χ0) is 18.5. The Hall–Kier alpha value is -2.00. The van der Waals surface area contributed by atoms with Crippen LogP contribution in [0.4, 0.5) is 0 Å². The molecule has 1 saturated heterocycles. The number of nitriles is 2. The minimum absolute atomic E-state index is 0.294. The molecule has 1 heterocycles. The standard InChI is InChI=1S/C23H29N3/c1-22(2)10-21-11-23(3,14-22)15-26(21)20-7-6-16-4-5-17(8-18(16)9-20)19(12-24)13-25/h8-9,16,21H,4-7,10-11,14-15H2,1-3H3/t16-,21-,23-/m1/s1. The molecule has 0 aromatic carbocycles. The second kappa shape index (κ2) is 6.02. The van der Waals surface area contributed by atoms with Crippen LogP contribution in [0.1, 0.15) is 65.7 Å². The van der Waals surface area contributed by atoms with Crippen LogP contribution >= 0.6 is 0 Å². The number of hydrogen-bond acceptors (Lipinski definition) is 3. The lowest BCUT2D eigenvalue weighted by Crippen LogP contribution is -2.35. The van der Waals surface area contributed by atoms with E-state index in [1.165, 1.54) is 49.9 Å². The first-order chi connectivity index (χ1) is 12.3. The van der Waals surface area contributed by atoms with Crippen molar-refractivity contribution in [3.05, 3.63) is 34.6 Å². The predicted molar refractivity (Wildman–Crippen MR) is 103 cm³/mol. The number of fused-ring (bicyclic) bond motifs is 3. The van der Waals surface area contributed by atoms with Gasteiger partial charge in [-0.1, -0.05) is 26.8 Å². The number of rotatable bonds is 1. The highest BCUT2D eigenvalue weighted by molar-refractivity contribution is 5.49. The van der Waals surface area contributed by atoms with Crippen molar-refractivity contribution in [2.45, 2.75) is 71.8 Å². The Morgan fingerprint density at radius 1 is 1.08 bits per heavy atom. The monoisotopic (exact) mass is 347 g/mol. The highest BCUT2D eigenvalue weighted by Crippen LogP contribution is 2.54. The summed E-state index contributed by atoms with van der Waals surface area (Å²) >= 11 is 0. The Labute approximate surface area is 157 Å². The summed E-state index contributed by atoms with van der Waals surface area (Å²) in [6.07, 6.45) is 12.8. The van der Waals surface area contributed by atoms with Crippen molar-refractivity contribution in [2.75, 3.05) is 6.54 Å². The SMILES string of the molecule is CC1(C)C[C@@H]2C[C@@](C)(CN2C2=CC3=CC(=C(C#N)C#N)CC[C@@H]3CC2)C1. The summed E-state index contributed by atoms with van der Waals surface area (Å²) in [6.45, 7) is 8.52. The molecule has 0 aromatic rings. The maximum Gasteiger partial charge on any atom is 0.132 e. The summed E-state index contributed by atoms with van der Waals surface area (Å²) < 4.78 is 0. The second-order valence-electron chi connectivity index (χ2n) is 10.0. The largest absolute Gasteiger partial charge is 0.371 e. The third-order valence-electron chi connectivity index (χ3n) is 6.99. The molecule has 136 valence electrons. The van der Waals surface area contributed by atoms with Gasteiger partial charge < -0.3 is 4.90 Å². The fraction of sp³-hybridized carbons (Fsp3) is 0.652. The molecule has 26 heavy (non-hydrogen) atoms. The number of allylic oxidation sites excluding steroid dienone is 6. The summed E-state index contributed by atoms with van der Waals surface area (Å²) in [5.41, 5.74) is 4.97. The molecule has 3 nitrogen and oxygen atoms in total. The Balaban J connectivity index is 1.65. The van der Waals surface area contributed by atoms with E-state index in [2.05, 4.69) is 50.0 Å². The zero-order valence-corrected chi connectivity index (χ0v) is 16.3. The molecule has 0 aromatic heterocycles. The van der Waals surface area contributed by atoms with E-state index < -0.39 is 0 Å². The minimum atomic E-state index is 0.294.